The van der Waals surface area contributed by atoms with Gasteiger partial charge >= 0.3 is 0 Å². The second kappa shape index (κ2) is 6.57. The lowest BCUT2D eigenvalue weighted by molar-refractivity contribution is -0.0432. The minimum atomic E-state index is -0.721. The summed E-state index contributed by atoms with van der Waals surface area (Å²) >= 11 is 5.90. The Balaban J connectivity index is 1.65. The van der Waals surface area contributed by atoms with Crippen molar-refractivity contribution >= 4 is 34.3 Å². The lowest BCUT2D eigenvalue weighted by atomic mass is 10.2. The first-order chi connectivity index (χ1) is 12.2. The predicted octanol–water partition coefficient (Wildman–Crippen LogP) is 1.86. The third-order valence-corrected chi connectivity index (χ3v) is 4.41. The first-order valence-corrected chi connectivity index (χ1v) is 8.18. The number of hydrogen-bond donors (Lipinski definition) is 3. The monoisotopic (exact) mass is 361 g/mol. The summed E-state index contributed by atoms with van der Waals surface area (Å²) < 4.78 is 7.41. The zero-order valence-electron chi connectivity index (χ0n) is 13.1. The largest absolute Gasteiger partial charge is 0.394 e. The number of hydrogen-bond acceptors (Lipinski definition) is 7. The van der Waals surface area contributed by atoms with Gasteiger partial charge in [-0.1, -0.05) is 11.6 Å². The van der Waals surface area contributed by atoms with Crippen molar-refractivity contribution in [1.29, 1.82) is 0 Å². The van der Waals surface area contributed by atoms with Gasteiger partial charge in [0.1, 0.15) is 18.7 Å². The van der Waals surface area contributed by atoms with Gasteiger partial charge in [-0.15, -0.1) is 0 Å². The van der Waals surface area contributed by atoms with Crippen LogP contribution in [0.15, 0.2) is 36.9 Å². The molecule has 0 radical (unpaired) electrons. The second-order valence-corrected chi connectivity index (χ2v) is 6.23. The average molecular weight is 362 g/mol. The van der Waals surface area contributed by atoms with Gasteiger partial charge in [-0.2, -0.15) is 0 Å². The molecule has 1 aliphatic rings. The number of rotatable bonds is 4. The van der Waals surface area contributed by atoms with Crippen LogP contribution in [0.25, 0.3) is 11.2 Å². The molecule has 3 aromatic rings. The Labute approximate surface area is 148 Å². The number of aromatic nitrogens is 4. The molecule has 25 heavy (non-hydrogen) atoms. The van der Waals surface area contributed by atoms with E-state index in [9.17, 15) is 10.2 Å². The fourth-order valence-corrected chi connectivity index (χ4v) is 3.00. The third-order valence-electron chi connectivity index (χ3n) is 4.16. The third kappa shape index (κ3) is 3.05. The van der Waals surface area contributed by atoms with Crippen LogP contribution in [-0.4, -0.2) is 48.5 Å². The molecule has 2 aromatic heterocycles. The predicted molar refractivity (Wildman–Crippen MR) is 91.7 cm³/mol. The molecule has 0 amide bonds. The number of nitrogens with one attached hydrogen (secondary N) is 1. The molecule has 0 bridgehead atoms. The molecule has 0 saturated carbocycles. The van der Waals surface area contributed by atoms with E-state index in [0.29, 0.717) is 28.4 Å². The van der Waals surface area contributed by atoms with E-state index in [-0.39, 0.29) is 6.61 Å². The smallest absolute Gasteiger partial charge is 0.167 e. The molecule has 1 aliphatic heterocycles. The first-order valence-electron chi connectivity index (χ1n) is 7.80. The number of halogens is 1. The molecular weight excluding hydrogens is 346 g/mol. The van der Waals surface area contributed by atoms with Crippen molar-refractivity contribution in [2.45, 2.75) is 24.9 Å². The van der Waals surface area contributed by atoms with E-state index >= 15 is 0 Å². The van der Waals surface area contributed by atoms with Crippen LogP contribution in [0, 0.1) is 0 Å². The Morgan fingerprint density at radius 3 is 2.76 bits per heavy atom. The Morgan fingerprint density at radius 2 is 2.04 bits per heavy atom. The summed E-state index contributed by atoms with van der Waals surface area (Å²) in [5.41, 5.74) is 2.00. The van der Waals surface area contributed by atoms with Crippen LogP contribution in [0.3, 0.4) is 0 Å². The van der Waals surface area contributed by atoms with Crippen LogP contribution >= 0.6 is 11.6 Å². The highest BCUT2D eigenvalue weighted by atomic mass is 35.5. The van der Waals surface area contributed by atoms with E-state index in [2.05, 4.69) is 20.3 Å². The molecule has 3 atom stereocenters. The van der Waals surface area contributed by atoms with Crippen LogP contribution in [0.2, 0.25) is 5.02 Å². The number of aliphatic hydroxyl groups excluding tert-OH is 2. The molecule has 0 aliphatic carbocycles. The maximum atomic E-state index is 9.93. The summed E-state index contributed by atoms with van der Waals surface area (Å²) in [6.45, 7) is -0.233. The van der Waals surface area contributed by atoms with Gasteiger partial charge in [0.25, 0.3) is 0 Å². The molecule has 3 N–H and O–H groups in total. The molecule has 1 aromatic carbocycles. The normalized spacial score (nSPS) is 23.2. The summed E-state index contributed by atoms with van der Waals surface area (Å²) in [6, 6.07) is 7.25. The molecule has 9 heteroatoms. The second-order valence-electron chi connectivity index (χ2n) is 5.79. The standard InChI is InChI=1S/C16H16ClN5O3/c17-9-1-3-10(4-2-9)21-15-14-16(19-7-18-15)22(8-20-14)13-5-11(24)12(6-23)25-13/h1-4,7-8,11-13,23-24H,5-6H2,(H,18,19,21)/t11-,12+,13?/m0/s1. The summed E-state index contributed by atoms with van der Waals surface area (Å²) in [6.07, 6.45) is 1.64. The quantitative estimate of drug-likeness (QED) is 0.651. The van der Waals surface area contributed by atoms with Gasteiger partial charge in [-0.05, 0) is 24.3 Å². The molecule has 130 valence electrons. The number of aliphatic hydroxyl groups is 2. The lowest BCUT2D eigenvalue weighted by Gasteiger charge is -2.13. The summed E-state index contributed by atoms with van der Waals surface area (Å²) in [5.74, 6) is 0.559. The van der Waals surface area contributed by atoms with E-state index in [1.165, 1.54) is 6.33 Å². The molecule has 8 nitrogen and oxygen atoms in total. The summed E-state index contributed by atoms with van der Waals surface area (Å²) in [7, 11) is 0. The molecule has 1 fully saturated rings. The highest BCUT2D eigenvalue weighted by molar-refractivity contribution is 6.30. The van der Waals surface area contributed by atoms with Gasteiger partial charge in [0.15, 0.2) is 17.0 Å². The van der Waals surface area contributed by atoms with Crippen LogP contribution in [0.4, 0.5) is 11.5 Å². The fourth-order valence-electron chi connectivity index (χ4n) is 2.87. The maximum Gasteiger partial charge on any atom is 0.167 e. The number of nitrogens with zero attached hydrogens (tertiary/aromatic N) is 4. The highest BCUT2D eigenvalue weighted by Gasteiger charge is 2.35. The Kier molecular flexibility index (Phi) is 4.26. The van der Waals surface area contributed by atoms with Crippen LogP contribution in [-0.2, 0) is 4.74 Å². The van der Waals surface area contributed by atoms with Crippen LogP contribution in [0.5, 0.6) is 0 Å². The number of benzene rings is 1. The van der Waals surface area contributed by atoms with Crippen molar-refractivity contribution in [2.24, 2.45) is 0 Å². The van der Waals surface area contributed by atoms with Crippen molar-refractivity contribution in [3.05, 3.63) is 41.9 Å². The number of anilines is 2. The van der Waals surface area contributed by atoms with Gasteiger partial charge in [0.2, 0.25) is 0 Å². The molecule has 3 heterocycles. The van der Waals surface area contributed by atoms with Gasteiger partial charge in [-0.3, -0.25) is 4.57 Å². The Bertz CT molecular complexity index is 885. The lowest BCUT2D eigenvalue weighted by Crippen LogP contribution is -2.24. The molecule has 0 spiro atoms. The summed E-state index contributed by atoms with van der Waals surface area (Å²) in [5, 5.41) is 23.0. The first kappa shape index (κ1) is 16.2. The average Bonchev–Trinajstić information content (AvgIpc) is 3.20. The van der Waals surface area contributed by atoms with Gasteiger partial charge in [0.05, 0.1) is 19.0 Å². The SMILES string of the molecule is OC[C@H]1OC(n2cnc3c(Nc4ccc(Cl)cc4)ncnc32)C[C@@H]1O. The van der Waals surface area contributed by atoms with E-state index in [4.69, 9.17) is 16.3 Å². The number of ether oxygens (including phenoxy) is 1. The van der Waals surface area contributed by atoms with E-state index in [1.807, 2.05) is 12.1 Å². The minimum absolute atomic E-state index is 0.233. The van der Waals surface area contributed by atoms with Crippen molar-refractivity contribution in [2.75, 3.05) is 11.9 Å². The minimum Gasteiger partial charge on any atom is -0.394 e. The molecule has 4 rings (SSSR count). The fraction of sp³-hybridized carbons (Fsp3) is 0.312. The molecular formula is C16H16ClN5O3. The topological polar surface area (TPSA) is 105 Å². The number of fused-ring (bicyclic) bond motifs is 1. The van der Waals surface area contributed by atoms with Crippen molar-refractivity contribution in [1.82, 2.24) is 19.5 Å². The highest BCUT2D eigenvalue weighted by Crippen LogP contribution is 2.32. The molecule has 1 unspecified atom stereocenters. The zero-order chi connectivity index (χ0) is 17.4. The number of imidazole rings is 1. The Hall–Kier alpha value is -2.26. The van der Waals surface area contributed by atoms with E-state index in [0.717, 1.165) is 5.69 Å². The van der Waals surface area contributed by atoms with E-state index in [1.54, 1.807) is 23.0 Å². The van der Waals surface area contributed by atoms with Crippen molar-refractivity contribution < 1.29 is 14.9 Å². The van der Waals surface area contributed by atoms with Gasteiger partial charge in [0, 0.05) is 17.1 Å². The molecule has 1 saturated heterocycles. The van der Waals surface area contributed by atoms with Crippen LogP contribution in [0.1, 0.15) is 12.6 Å². The van der Waals surface area contributed by atoms with Gasteiger partial charge < -0.3 is 20.3 Å². The van der Waals surface area contributed by atoms with Gasteiger partial charge in [-0.25, -0.2) is 15.0 Å². The zero-order valence-corrected chi connectivity index (χ0v) is 13.8. The van der Waals surface area contributed by atoms with Crippen molar-refractivity contribution in [3.63, 3.8) is 0 Å². The van der Waals surface area contributed by atoms with Crippen LogP contribution < -0.4 is 5.32 Å². The van der Waals surface area contributed by atoms with E-state index < -0.39 is 18.4 Å². The van der Waals surface area contributed by atoms with Crippen molar-refractivity contribution in [3.8, 4) is 0 Å². The summed E-state index contributed by atoms with van der Waals surface area (Å²) in [4.78, 5) is 12.9. The maximum absolute atomic E-state index is 9.93. The Morgan fingerprint density at radius 1 is 1.24 bits per heavy atom.